The van der Waals surface area contributed by atoms with E-state index in [9.17, 15) is 4.79 Å². The zero-order chi connectivity index (χ0) is 19.4. The van der Waals surface area contributed by atoms with Gasteiger partial charge in [-0.3, -0.25) is 4.79 Å². The molecule has 2 aromatic carbocycles. The van der Waals surface area contributed by atoms with Crippen LogP contribution in [0.5, 0.6) is 5.75 Å². The van der Waals surface area contributed by atoms with Crippen LogP contribution in [-0.4, -0.2) is 21.1 Å². The Kier molecular flexibility index (Phi) is 5.31. The molecule has 0 aliphatic heterocycles. The molecule has 0 aliphatic carbocycles. The van der Waals surface area contributed by atoms with E-state index < -0.39 is 0 Å². The number of hydrogen-bond donors (Lipinski definition) is 1. The quantitative estimate of drug-likeness (QED) is 0.739. The molecular weight excluding hydrogens is 338 g/mol. The summed E-state index contributed by atoms with van der Waals surface area (Å²) in [6, 6.07) is 15.5. The normalized spacial score (nSPS) is 11.3. The second-order valence-corrected chi connectivity index (χ2v) is 7.46. The summed E-state index contributed by atoms with van der Waals surface area (Å²) in [5, 5.41) is 2.91. The number of carbonyl (C=O) groups excluding carboxylic acids is 1. The lowest BCUT2D eigenvalue weighted by atomic mass is 10.0. The molecule has 5 heteroatoms. The predicted octanol–water partition coefficient (Wildman–Crippen LogP) is 4.19. The first-order chi connectivity index (χ1) is 12.8. The van der Waals surface area contributed by atoms with Crippen LogP contribution in [-0.2, 0) is 13.6 Å². The van der Waals surface area contributed by atoms with E-state index in [-0.39, 0.29) is 11.5 Å². The van der Waals surface area contributed by atoms with Crippen molar-refractivity contribution in [1.82, 2.24) is 14.9 Å². The largest absolute Gasteiger partial charge is 0.488 e. The maximum absolute atomic E-state index is 12.5. The van der Waals surface area contributed by atoms with Gasteiger partial charge in [0.1, 0.15) is 17.2 Å². The van der Waals surface area contributed by atoms with Crippen molar-refractivity contribution in [2.75, 3.05) is 0 Å². The van der Waals surface area contributed by atoms with E-state index >= 15 is 0 Å². The minimum absolute atomic E-state index is 0.118. The second kappa shape index (κ2) is 7.66. The van der Waals surface area contributed by atoms with Crippen LogP contribution >= 0.6 is 0 Å². The van der Waals surface area contributed by atoms with Gasteiger partial charge in [-0.15, -0.1) is 0 Å². The maximum Gasteiger partial charge on any atom is 0.251 e. The third-order valence-electron chi connectivity index (χ3n) is 4.06. The SMILES string of the molecule is Cn1ccnc1CNC(=O)c1cccc(-c2ccc(OC(C)(C)C)cc2)c1. The Bertz CT molecular complexity index is 921. The summed E-state index contributed by atoms with van der Waals surface area (Å²) in [7, 11) is 1.90. The topological polar surface area (TPSA) is 56.2 Å². The highest BCUT2D eigenvalue weighted by molar-refractivity contribution is 5.95. The van der Waals surface area contributed by atoms with Gasteiger partial charge in [-0.2, -0.15) is 0 Å². The van der Waals surface area contributed by atoms with Crippen LogP contribution in [0.1, 0.15) is 37.0 Å². The lowest BCUT2D eigenvalue weighted by molar-refractivity contribution is 0.0949. The zero-order valence-corrected chi connectivity index (χ0v) is 16.2. The Morgan fingerprint density at radius 2 is 1.85 bits per heavy atom. The lowest BCUT2D eigenvalue weighted by Crippen LogP contribution is -2.24. The molecule has 0 fully saturated rings. The molecule has 0 spiro atoms. The Morgan fingerprint density at radius 3 is 2.48 bits per heavy atom. The summed E-state index contributed by atoms with van der Waals surface area (Å²) in [6.45, 7) is 6.46. The number of amides is 1. The van der Waals surface area contributed by atoms with Crippen molar-refractivity contribution in [3.8, 4) is 16.9 Å². The third-order valence-corrected chi connectivity index (χ3v) is 4.06. The van der Waals surface area contributed by atoms with E-state index in [2.05, 4.69) is 10.3 Å². The molecule has 3 aromatic rings. The molecule has 0 unspecified atom stereocenters. The molecule has 3 rings (SSSR count). The van der Waals surface area contributed by atoms with Crippen molar-refractivity contribution in [1.29, 1.82) is 0 Å². The fourth-order valence-electron chi connectivity index (χ4n) is 2.74. The van der Waals surface area contributed by atoms with Crippen LogP contribution < -0.4 is 10.1 Å². The number of aromatic nitrogens is 2. The van der Waals surface area contributed by atoms with E-state index in [0.717, 1.165) is 22.7 Å². The molecule has 1 amide bonds. The highest BCUT2D eigenvalue weighted by Crippen LogP contribution is 2.25. The highest BCUT2D eigenvalue weighted by atomic mass is 16.5. The number of rotatable bonds is 5. The smallest absolute Gasteiger partial charge is 0.251 e. The molecule has 0 radical (unpaired) electrons. The molecule has 0 saturated carbocycles. The van der Waals surface area contributed by atoms with Gasteiger partial charge in [0.25, 0.3) is 5.91 Å². The minimum Gasteiger partial charge on any atom is -0.488 e. The van der Waals surface area contributed by atoms with Crippen LogP contribution in [0.3, 0.4) is 0 Å². The Balaban J connectivity index is 1.71. The zero-order valence-electron chi connectivity index (χ0n) is 16.2. The Labute approximate surface area is 160 Å². The summed E-state index contributed by atoms with van der Waals surface area (Å²) in [5.74, 6) is 1.52. The monoisotopic (exact) mass is 363 g/mol. The molecule has 0 bridgehead atoms. The molecule has 140 valence electrons. The summed E-state index contributed by atoms with van der Waals surface area (Å²) in [5.41, 5.74) is 2.42. The number of nitrogens with zero attached hydrogens (tertiary/aromatic N) is 2. The van der Waals surface area contributed by atoms with Crippen LogP contribution in [0.2, 0.25) is 0 Å². The van der Waals surface area contributed by atoms with Crippen molar-refractivity contribution in [3.63, 3.8) is 0 Å². The molecule has 1 N–H and O–H groups in total. The number of benzene rings is 2. The molecule has 5 nitrogen and oxygen atoms in total. The molecule has 0 saturated heterocycles. The van der Waals surface area contributed by atoms with Crippen molar-refractivity contribution in [3.05, 3.63) is 72.3 Å². The van der Waals surface area contributed by atoms with Gasteiger partial charge >= 0.3 is 0 Å². The van der Waals surface area contributed by atoms with E-state index in [1.165, 1.54) is 0 Å². The van der Waals surface area contributed by atoms with Gasteiger partial charge in [0.2, 0.25) is 0 Å². The van der Waals surface area contributed by atoms with Crippen LogP contribution in [0.25, 0.3) is 11.1 Å². The van der Waals surface area contributed by atoms with Gasteiger partial charge in [0, 0.05) is 25.0 Å². The average Bonchev–Trinajstić information content (AvgIpc) is 3.04. The first-order valence-corrected chi connectivity index (χ1v) is 8.96. The summed E-state index contributed by atoms with van der Waals surface area (Å²) in [4.78, 5) is 16.7. The van der Waals surface area contributed by atoms with Gasteiger partial charge in [-0.1, -0.05) is 24.3 Å². The molecular formula is C22H25N3O2. The molecule has 1 heterocycles. The fourth-order valence-corrected chi connectivity index (χ4v) is 2.74. The van der Waals surface area contributed by atoms with Crippen LogP contribution in [0.15, 0.2) is 60.9 Å². The third kappa shape index (κ3) is 4.97. The maximum atomic E-state index is 12.5. The fraction of sp³-hybridized carbons (Fsp3) is 0.273. The lowest BCUT2D eigenvalue weighted by Gasteiger charge is -2.21. The number of carbonyl (C=O) groups is 1. The van der Waals surface area contributed by atoms with E-state index in [1.807, 2.05) is 87.1 Å². The molecule has 1 aromatic heterocycles. The van der Waals surface area contributed by atoms with Crippen molar-refractivity contribution in [2.24, 2.45) is 7.05 Å². The number of aryl methyl sites for hydroxylation is 1. The molecule has 0 aliphatic rings. The first-order valence-electron chi connectivity index (χ1n) is 8.96. The van der Waals surface area contributed by atoms with Gasteiger partial charge < -0.3 is 14.6 Å². The highest BCUT2D eigenvalue weighted by Gasteiger charge is 2.12. The van der Waals surface area contributed by atoms with Crippen molar-refractivity contribution < 1.29 is 9.53 Å². The summed E-state index contributed by atoms with van der Waals surface area (Å²) < 4.78 is 7.75. The van der Waals surface area contributed by atoms with E-state index in [0.29, 0.717) is 12.1 Å². The summed E-state index contributed by atoms with van der Waals surface area (Å²) >= 11 is 0. The Hall–Kier alpha value is -3.08. The van der Waals surface area contributed by atoms with E-state index in [4.69, 9.17) is 4.74 Å². The van der Waals surface area contributed by atoms with Crippen molar-refractivity contribution in [2.45, 2.75) is 32.9 Å². The van der Waals surface area contributed by atoms with Gasteiger partial charge in [0.15, 0.2) is 0 Å². The van der Waals surface area contributed by atoms with Gasteiger partial charge in [-0.25, -0.2) is 4.98 Å². The predicted molar refractivity (Wildman–Crippen MR) is 107 cm³/mol. The first kappa shape index (κ1) is 18.7. The van der Waals surface area contributed by atoms with Crippen molar-refractivity contribution >= 4 is 5.91 Å². The van der Waals surface area contributed by atoms with Gasteiger partial charge in [0.05, 0.1) is 6.54 Å². The van der Waals surface area contributed by atoms with Gasteiger partial charge in [-0.05, 0) is 56.2 Å². The number of imidazole rings is 1. The van der Waals surface area contributed by atoms with E-state index in [1.54, 1.807) is 6.20 Å². The van der Waals surface area contributed by atoms with Crippen LogP contribution in [0, 0.1) is 0 Å². The average molecular weight is 363 g/mol. The number of hydrogen-bond acceptors (Lipinski definition) is 3. The second-order valence-electron chi connectivity index (χ2n) is 7.46. The number of ether oxygens (including phenoxy) is 1. The molecule has 0 atom stereocenters. The standard InChI is InChI=1S/C22H25N3O2/c1-22(2,3)27-19-10-8-16(9-11-19)17-6-5-7-18(14-17)21(26)24-15-20-23-12-13-25(20)4/h5-14H,15H2,1-4H3,(H,24,26). The Morgan fingerprint density at radius 1 is 1.11 bits per heavy atom. The minimum atomic E-state index is -0.229. The number of nitrogens with one attached hydrogen (secondary N) is 1. The molecule has 27 heavy (non-hydrogen) atoms. The van der Waals surface area contributed by atoms with Crippen LogP contribution in [0.4, 0.5) is 0 Å². The summed E-state index contributed by atoms with van der Waals surface area (Å²) in [6.07, 6.45) is 3.57.